The fraction of sp³-hybridized carbons (Fsp3) is 0.577. The molecule has 182 valence electrons. The number of pyridine rings is 1. The van der Waals surface area contributed by atoms with E-state index in [0.29, 0.717) is 30.1 Å². The Balaban J connectivity index is 1.41. The van der Waals surface area contributed by atoms with E-state index in [2.05, 4.69) is 10.1 Å². The molecule has 34 heavy (non-hydrogen) atoms. The van der Waals surface area contributed by atoms with Crippen molar-refractivity contribution >= 4 is 27.7 Å². The standard InChI is InChI=1S/C26H34N4O4/c1-17-13-23-21(24-22(25(31)28-23)15-27-30(24)19-8-12-34-16-19)14-20(17)26(32)29-9-6-18(7-10-29)5-3-4-11-33-2/h13-15,18-19H,3-12,16H2,1-2H3,(H,28,31)/t19-/m1/s1. The molecule has 0 spiro atoms. The number of ether oxygens (including phenoxy) is 2. The first-order valence-electron chi connectivity index (χ1n) is 12.5. The lowest BCUT2D eigenvalue weighted by molar-refractivity contribution is 0.0684. The molecular weight excluding hydrogens is 432 g/mol. The number of carbonyl (C=O) groups is 1. The molecule has 2 saturated heterocycles. The molecule has 2 aromatic heterocycles. The normalized spacial score (nSPS) is 19.5. The number of rotatable bonds is 7. The van der Waals surface area contributed by atoms with Crippen molar-refractivity contribution in [3.8, 4) is 0 Å². The maximum absolute atomic E-state index is 13.5. The summed E-state index contributed by atoms with van der Waals surface area (Å²) in [5.74, 6) is 0.762. The topological polar surface area (TPSA) is 89.5 Å². The van der Waals surface area contributed by atoms with E-state index in [0.717, 1.165) is 67.4 Å². The van der Waals surface area contributed by atoms with Crippen LogP contribution in [0.1, 0.15) is 60.5 Å². The lowest BCUT2D eigenvalue weighted by atomic mass is 9.91. The quantitative estimate of drug-likeness (QED) is 0.535. The number of unbranched alkanes of at least 4 members (excludes halogenated alkanes) is 1. The van der Waals surface area contributed by atoms with Gasteiger partial charge in [-0.15, -0.1) is 0 Å². The van der Waals surface area contributed by atoms with Gasteiger partial charge in [0.1, 0.15) is 0 Å². The highest BCUT2D eigenvalue weighted by atomic mass is 16.5. The average molecular weight is 467 g/mol. The molecule has 1 N–H and O–H groups in total. The minimum Gasteiger partial charge on any atom is -0.385 e. The number of benzene rings is 1. The maximum atomic E-state index is 13.5. The zero-order valence-electron chi connectivity index (χ0n) is 20.1. The minimum absolute atomic E-state index is 0.0758. The number of fused-ring (bicyclic) bond motifs is 3. The molecule has 2 aliphatic rings. The number of carbonyl (C=O) groups excluding carboxylic acids is 1. The summed E-state index contributed by atoms with van der Waals surface area (Å²) in [7, 11) is 1.75. The summed E-state index contributed by atoms with van der Waals surface area (Å²) < 4.78 is 12.6. The number of piperidine rings is 1. The van der Waals surface area contributed by atoms with Gasteiger partial charge < -0.3 is 19.4 Å². The van der Waals surface area contributed by atoms with Crippen molar-refractivity contribution in [2.75, 3.05) is 40.0 Å². The number of aryl methyl sites for hydroxylation is 1. The summed E-state index contributed by atoms with van der Waals surface area (Å²) >= 11 is 0. The summed E-state index contributed by atoms with van der Waals surface area (Å²) in [6.07, 6.45) is 8.10. The van der Waals surface area contributed by atoms with Gasteiger partial charge in [0.25, 0.3) is 11.5 Å². The zero-order chi connectivity index (χ0) is 23.7. The number of amides is 1. The zero-order valence-corrected chi connectivity index (χ0v) is 20.1. The second-order valence-electron chi connectivity index (χ2n) is 9.76. The summed E-state index contributed by atoms with van der Waals surface area (Å²) in [6, 6.07) is 3.98. The molecule has 0 aliphatic carbocycles. The van der Waals surface area contributed by atoms with Crippen LogP contribution in [0, 0.1) is 12.8 Å². The van der Waals surface area contributed by atoms with E-state index in [4.69, 9.17) is 9.47 Å². The van der Waals surface area contributed by atoms with Crippen LogP contribution in [0.3, 0.4) is 0 Å². The third kappa shape index (κ3) is 4.36. The van der Waals surface area contributed by atoms with E-state index >= 15 is 0 Å². The molecule has 0 bridgehead atoms. The number of hydrogen-bond acceptors (Lipinski definition) is 5. The number of aromatic amines is 1. The van der Waals surface area contributed by atoms with Crippen LogP contribution < -0.4 is 5.56 Å². The number of nitrogens with one attached hydrogen (secondary N) is 1. The summed E-state index contributed by atoms with van der Waals surface area (Å²) in [5.41, 5.74) is 2.96. The van der Waals surface area contributed by atoms with Gasteiger partial charge >= 0.3 is 0 Å². The van der Waals surface area contributed by atoms with Gasteiger partial charge in [-0.05, 0) is 56.2 Å². The Kier molecular flexibility index (Phi) is 6.70. The number of hydrogen-bond donors (Lipinski definition) is 1. The SMILES string of the molecule is COCCCCC1CCN(C(=O)c2cc3c(cc2C)[nH]c(=O)c2cnn([C@@H]4CCOC4)c23)CC1. The molecule has 8 nitrogen and oxygen atoms in total. The van der Waals surface area contributed by atoms with Gasteiger partial charge in [-0.3, -0.25) is 14.3 Å². The number of methoxy groups -OCH3 is 1. The Bertz CT molecular complexity index is 1230. The average Bonchev–Trinajstić information content (AvgIpc) is 3.52. The highest BCUT2D eigenvalue weighted by Gasteiger charge is 2.26. The largest absolute Gasteiger partial charge is 0.385 e. The van der Waals surface area contributed by atoms with Crippen molar-refractivity contribution in [1.29, 1.82) is 0 Å². The van der Waals surface area contributed by atoms with Gasteiger partial charge in [0.05, 0.1) is 35.3 Å². The highest BCUT2D eigenvalue weighted by molar-refractivity contribution is 6.07. The molecule has 2 aliphatic heterocycles. The molecular formula is C26H34N4O4. The second-order valence-corrected chi connectivity index (χ2v) is 9.76. The first-order chi connectivity index (χ1) is 16.6. The summed E-state index contributed by atoms with van der Waals surface area (Å²) in [5, 5.41) is 5.95. The van der Waals surface area contributed by atoms with E-state index in [-0.39, 0.29) is 17.5 Å². The summed E-state index contributed by atoms with van der Waals surface area (Å²) in [6.45, 7) is 5.64. The van der Waals surface area contributed by atoms with E-state index in [1.54, 1.807) is 13.3 Å². The van der Waals surface area contributed by atoms with Gasteiger partial charge in [0, 0.05) is 44.4 Å². The number of nitrogens with zero attached hydrogens (tertiary/aromatic N) is 3. The van der Waals surface area contributed by atoms with Crippen LogP contribution >= 0.6 is 0 Å². The van der Waals surface area contributed by atoms with Gasteiger partial charge in [-0.25, -0.2) is 0 Å². The molecule has 3 aromatic rings. The van der Waals surface area contributed by atoms with E-state index in [1.165, 1.54) is 12.8 Å². The van der Waals surface area contributed by atoms with Gasteiger partial charge in [0.2, 0.25) is 0 Å². The van der Waals surface area contributed by atoms with Crippen molar-refractivity contribution in [2.24, 2.45) is 5.92 Å². The number of H-pyrrole nitrogens is 1. The Labute approximate surface area is 199 Å². The molecule has 2 fully saturated rings. The Morgan fingerprint density at radius 3 is 2.76 bits per heavy atom. The monoisotopic (exact) mass is 466 g/mol. The van der Waals surface area contributed by atoms with Crippen LogP contribution in [-0.4, -0.2) is 65.6 Å². The van der Waals surface area contributed by atoms with Crippen LogP contribution in [0.25, 0.3) is 21.8 Å². The second kappa shape index (κ2) is 9.88. The highest BCUT2D eigenvalue weighted by Crippen LogP contribution is 2.30. The van der Waals surface area contributed by atoms with Gasteiger partial charge in [0.15, 0.2) is 0 Å². The van der Waals surface area contributed by atoms with E-state index in [1.807, 2.05) is 28.6 Å². The molecule has 0 saturated carbocycles. The van der Waals surface area contributed by atoms with Crippen molar-refractivity contribution < 1.29 is 14.3 Å². The number of aromatic nitrogens is 3. The van der Waals surface area contributed by atoms with E-state index in [9.17, 15) is 9.59 Å². The molecule has 8 heteroatoms. The first kappa shape index (κ1) is 23.1. The molecule has 0 unspecified atom stereocenters. The third-order valence-electron chi connectivity index (χ3n) is 7.50. The third-order valence-corrected chi connectivity index (χ3v) is 7.50. The van der Waals surface area contributed by atoms with Crippen LogP contribution in [0.5, 0.6) is 0 Å². The minimum atomic E-state index is -0.154. The predicted octanol–water partition coefficient (Wildman–Crippen LogP) is 3.82. The Morgan fingerprint density at radius 1 is 1.21 bits per heavy atom. The van der Waals surface area contributed by atoms with Crippen molar-refractivity contribution in [1.82, 2.24) is 19.7 Å². The lowest BCUT2D eigenvalue weighted by Gasteiger charge is -2.32. The fourth-order valence-electron chi connectivity index (χ4n) is 5.49. The summed E-state index contributed by atoms with van der Waals surface area (Å²) in [4.78, 5) is 31.2. The van der Waals surface area contributed by atoms with Crippen molar-refractivity contribution in [3.63, 3.8) is 0 Å². The molecule has 1 atom stereocenters. The van der Waals surface area contributed by atoms with Crippen molar-refractivity contribution in [3.05, 3.63) is 39.8 Å². The fourth-order valence-corrected chi connectivity index (χ4v) is 5.49. The predicted molar refractivity (Wildman–Crippen MR) is 131 cm³/mol. The van der Waals surface area contributed by atoms with Gasteiger partial charge in [-0.2, -0.15) is 5.10 Å². The smallest absolute Gasteiger partial charge is 0.259 e. The van der Waals surface area contributed by atoms with Gasteiger partial charge in [-0.1, -0.05) is 12.8 Å². The molecule has 1 amide bonds. The molecule has 1 aromatic carbocycles. The first-order valence-corrected chi connectivity index (χ1v) is 12.5. The van der Waals surface area contributed by atoms with Crippen molar-refractivity contribution in [2.45, 2.75) is 51.5 Å². The molecule has 0 radical (unpaired) electrons. The molecule has 4 heterocycles. The number of likely N-dealkylation sites (tertiary alicyclic amines) is 1. The van der Waals surface area contributed by atoms with Crippen LogP contribution in [-0.2, 0) is 9.47 Å². The van der Waals surface area contributed by atoms with E-state index < -0.39 is 0 Å². The Morgan fingerprint density at radius 2 is 2.03 bits per heavy atom. The lowest BCUT2D eigenvalue weighted by Crippen LogP contribution is -2.38. The maximum Gasteiger partial charge on any atom is 0.259 e. The van der Waals surface area contributed by atoms with Crippen LogP contribution in [0.4, 0.5) is 0 Å². The van der Waals surface area contributed by atoms with Crippen LogP contribution in [0.2, 0.25) is 0 Å². The Hall–Kier alpha value is -2.71. The van der Waals surface area contributed by atoms with Crippen LogP contribution in [0.15, 0.2) is 23.1 Å². The molecule has 5 rings (SSSR count).